The number of rotatable bonds is 7. The fourth-order valence-corrected chi connectivity index (χ4v) is 1.80. The molecule has 0 fully saturated rings. The first-order chi connectivity index (χ1) is 9.13. The van der Waals surface area contributed by atoms with E-state index in [0.29, 0.717) is 0 Å². The van der Waals surface area contributed by atoms with Gasteiger partial charge in [-0.2, -0.15) is 0 Å². The highest BCUT2D eigenvalue weighted by atomic mass is 16.1. The lowest BCUT2D eigenvalue weighted by Crippen LogP contribution is -2.20. The van der Waals surface area contributed by atoms with Crippen LogP contribution in [0.3, 0.4) is 0 Å². The highest BCUT2D eigenvalue weighted by molar-refractivity contribution is 6.04. The van der Waals surface area contributed by atoms with Crippen molar-refractivity contribution in [2.75, 3.05) is 6.54 Å². The summed E-state index contributed by atoms with van der Waals surface area (Å²) in [5.41, 5.74) is 1.94. The van der Waals surface area contributed by atoms with Gasteiger partial charge in [0.1, 0.15) is 0 Å². The summed E-state index contributed by atoms with van der Waals surface area (Å²) < 4.78 is 0. The SMILES string of the molecule is C/C=C/C(=O)c1ccc(CCCCNC(C)=O)cc1. The Morgan fingerprint density at radius 2 is 1.84 bits per heavy atom. The summed E-state index contributed by atoms with van der Waals surface area (Å²) in [6.45, 7) is 4.09. The minimum Gasteiger partial charge on any atom is -0.356 e. The summed E-state index contributed by atoms with van der Waals surface area (Å²) in [5, 5.41) is 2.78. The topological polar surface area (TPSA) is 46.2 Å². The Labute approximate surface area is 114 Å². The minimum atomic E-state index is 0.0202. The number of allylic oxidation sites excluding steroid dienone is 2. The van der Waals surface area contributed by atoms with Gasteiger partial charge in [0.25, 0.3) is 0 Å². The van der Waals surface area contributed by atoms with Crippen LogP contribution >= 0.6 is 0 Å². The Morgan fingerprint density at radius 3 is 2.42 bits per heavy atom. The first-order valence-corrected chi connectivity index (χ1v) is 6.64. The number of hydrogen-bond acceptors (Lipinski definition) is 2. The molecule has 0 atom stereocenters. The Hall–Kier alpha value is -1.90. The second kappa shape index (κ2) is 8.25. The molecule has 0 saturated carbocycles. The first kappa shape index (κ1) is 15.2. The van der Waals surface area contributed by atoms with Crippen LogP contribution in [0.25, 0.3) is 0 Å². The van der Waals surface area contributed by atoms with E-state index in [-0.39, 0.29) is 11.7 Å². The Bertz CT molecular complexity index is 446. The van der Waals surface area contributed by atoms with Gasteiger partial charge in [0.2, 0.25) is 5.91 Å². The third-order valence-electron chi connectivity index (χ3n) is 2.82. The Kier molecular flexibility index (Phi) is 6.58. The summed E-state index contributed by atoms with van der Waals surface area (Å²) in [6.07, 6.45) is 6.29. The lowest BCUT2D eigenvalue weighted by molar-refractivity contribution is -0.118. The number of benzene rings is 1. The van der Waals surface area contributed by atoms with Crippen LogP contribution in [0.15, 0.2) is 36.4 Å². The summed E-state index contributed by atoms with van der Waals surface area (Å²) in [5.74, 6) is 0.0616. The fraction of sp³-hybridized carbons (Fsp3) is 0.375. The molecule has 102 valence electrons. The molecule has 1 aromatic carbocycles. The lowest BCUT2D eigenvalue weighted by Gasteiger charge is -2.04. The molecule has 1 aromatic rings. The highest BCUT2D eigenvalue weighted by Gasteiger charge is 2.01. The van der Waals surface area contributed by atoms with Crippen LogP contribution in [-0.4, -0.2) is 18.2 Å². The third-order valence-corrected chi connectivity index (χ3v) is 2.82. The largest absolute Gasteiger partial charge is 0.356 e. The second-order valence-corrected chi connectivity index (χ2v) is 4.50. The molecule has 3 heteroatoms. The van der Waals surface area contributed by atoms with E-state index in [9.17, 15) is 9.59 Å². The molecule has 0 aromatic heterocycles. The van der Waals surface area contributed by atoms with Gasteiger partial charge in [0, 0.05) is 19.0 Å². The van der Waals surface area contributed by atoms with Gasteiger partial charge in [0.15, 0.2) is 5.78 Å². The quantitative estimate of drug-likeness (QED) is 0.465. The molecule has 0 spiro atoms. The number of unbranched alkanes of at least 4 members (excludes halogenated alkanes) is 1. The van der Waals surface area contributed by atoms with Crippen LogP contribution in [0.5, 0.6) is 0 Å². The monoisotopic (exact) mass is 259 g/mol. The summed E-state index contributed by atoms with van der Waals surface area (Å²) in [7, 11) is 0. The number of aryl methyl sites for hydroxylation is 1. The molecular formula is C16H21NO2. The van der Waals surface area contributed by atoms with Crippen LogP contribution in [-0.2, 0) is 11.2 Å². The normalized spacial score (nSPS) is 10.6. The van der Waals surface area contributed by atoms with E-state index in [0.717, 1.165) is 31.4 Å². The van der Waals surface area contributed by atoms with E-state index in [2.05, 4.69) is 5.32 Å². The molecule has 1 amide bonds. The Balaban J connectivity index is 2.36. The van der Waals surface area contributed by atoms with Crippen molar-refractivity contribution in [3.05, 3.63) is 47.5 Å². The van der Waals surface area contributed by atoms with Crippen molar-refractivity contribution in [3.63, 3.8) is 0 Å². The van der Waals surface area contributed by atoms with E-state index >= 15 is 0 Å². The van der Waals surface area contributed by atoms with E-state index < -0.39 is 0 Å². The molecule has 0 aliphatic heterocycles. The van der Waals surface area contributed by atoms with Crippen molar-refractivity contribution in [2.24, 2.45) is 0 Å². The van der Waals surface area contributed by atoms with Crippen LogP contribution in [0, 0.1) is 0 Å². The van der Waals surface area contributed by atoms with Gasteiger partial charge in [-0.25, -0.2) is 0 Å². The molecule has 0 bridgehead atoms. The molecule has 0 aliphatic carbocycles. The van der Waals surface area contributed by atoms with E-state index in [4.69, 9.17) is 0 Å². The highest BCUT2D eigenvalue weighted by Crippen LogP contribution is 2.09. The van der Waals surface area contributed by atoms with Crippen molar-refractivity contribution in [1.29, 1.82) is 0 Å². The van der Waals surface area contributed by atoms with Gasteiger partial charge in [-0.15, -0.1) is 0 Å². The maximum Gasteiger partial charge on any atom is 0.216 e. The Morgan fingerprint density at radius 1 is 1.16 bits per heavy atom. The van der Waals surface area contributed by atoms with Gasteiger partial charge < -0.3 is 5.32 Å². The smallest absolute Gasteiger partial charge is 0.216 e. The number of ketones is 1. The van der Waals surface area contributed by atoms with Crippen molar-refractivity contribution in [1.82, 2.24) is 5.32 Å². The van der Waals surface area contributed by atoms with Crippen LogP contribution in [0.4, 0.5) is 0 Å². The molecule has 0 heterocycles. The third kappa shape index (κ3) is 6.00. The summed E-state index contributed by atoms with van der Waals surface area (Å²) in [6, 6.07) is 7.72. The molecule has 3 nitrogen and oxygen atoms in total. The lowest BCUT2D eigenvalue weighted by atomic mass is 10.0. The van der Waals surface area contributed by atoms with Gasteiger partial charge in [-0.1, -0.05) is 30.3 Å². The molecule has 1 N–H and O–H groups in total. The van der Waals surface area contributed by atoms with Gasteiger partial charge in [-0.3, -0.25) is 9.59 Å². The maximum absolute atomic E-state index is 11.6. The molecular weight excluding hydrogens is 238 g/mol. The second-order valence-electron chi connectivity index (χ2n) is 4.50. The number of carbonyl (C=O) groups is 2. The maximum atomic E-state index is 11.6. The molecule has 0 unspecified atom stereocenters. The number of carbonyl (C=O) groups excluding carboxylic acids is 2. The summed E-state index contributed by atoms with van der Waals surface area (Å²) in [4.78, 5) is 22.3. The molecule has 0 radical (unpaired) electrons. The molecule has 1 rings (SSSR count). The fourth-order valence-electron chi connectivity index (χ4n) is 1.80. The van der Waals surface area contributed by atoms with Crippen LogP contribution in [0.2, 0.25) is 0 Å². The first-order valence-electron chi connectivity index (χ1n) is 6.64. The van der Waals surface area contributed by atoms with Gasteiger partial charge in [0.05, 0.1) is 0 Å². The summed E-state index contributed by atoms with van der Waals surface area (Å²) >= 11 is 0. The van der Waals surface area contributed by atoms with Crippen molar-refractivity contribution in [3.8, 4) is 0 Å². The van der Waals surface area contributed by atoms with Crippen LogP contribution in [0.1, 0.15) is 42.6 Å². The predicted octanol–water partition coefficient (Wildman–Crippen LogP) is 2.90. The number of hydrogen-bond donors (Lipinski definition) is 1. The average Bonchev–Trinajstić information content (AvgIpc) is 2.39. The average molecular weight is 259 g/mol. The van der Waals surface area contributed by atoms with E-state index in [1.54, 1.807) is 12.2 Å². The molecule has 19 heavy (non-hydrogen) atoms. The zero-order valence-electron chi connectivity index (χ0n) is 11.6. The van der Waals surface area contributed by atoms with Gasteiger partial charge >= 0.3 is 0 Å². The number of nitrogens with one attached hydrogen (secondary N) is 1. The molecule has 0 aliphatic rings. The zero-order chi connectivity index (χ0) is 14.1. The van der Waals surface area contributed by atoms with Crippen LogP contribution < -0.4 is 5.32 Å². The van der Waals surface area contributed by atoms with Crippen molar-refractivity contribution >= 4 is 11.7 Å². The standard InChI is InChI=1S/C16H21NO2/c1-3-6-16(19)15-10-8-14(9-11-15)7-4-5-12-17-13(2)18/h3,6,8-11H,4-5,7,12H2,1-2H3,(H,17,18)/b6-3+. The van der Waals surface area contributed by atoms with E-state index in [1.165, 1.54) is 12.5 Å². The number of amides is 1. The minimum absolute atomic E-state index is 0.0202. The molecule has 0 saturated heterocycles. The van der Waals surface area contributed by atoms with E-state index in [1.807, 2.05) is 31.2 Å². The van der Waals surface area contributed by atoms with Crippen molar-refractivity contribution in [2.45, 2.75) is 33.1 Å². The predicted molar refractivity (Wildman–Crippen MR) is 77.2 cm³/mol. The van der Waals surface area contributed by atoms with Gasteiger partial charge in [-0.05, 0) is 37.8 Å². The van der Waals surface area contributed by atoms with Crippen molar-refractivity contribution < 1.29 is 9.59 Å². The zero-order valence-corrected chi connectivity index (χ0v) is 11.6.